The second-order valence-corrected chi connectivity index (χ2v) is 5.96. The summed E-state index contributed by atoms with van der Waals surface area (Å²) in [7, 11) is 0. The summed E-state index contributed by atoms with van der Waals surface area (Å²) in [4.78, 5) is 8.87. The van der Waals surface area contributed by atoms with Gasteiger partial charge < -0.3 is 5.32 Å². The molecule has 0 aliphatic rings. The molecule has 0 atom stereocenters. The zero-order valence-electron chi connectivity index (χ0n) is 13.4. The second-order valence-electron chi connectivity index (χ2n) is 5.60. The minimum absolute atomic E-state index is 0.411. The highest BCUT2D eigenvalue weighted by Gasteiger charge is 2.05. The molecular weight excluding hydrogens is 294 g/mol. The fraction of sp³-hybridized carbons (Fsp3) is 0.333. The zero-order chi connectivity index (χ0) is 15.9. The Balaban J connectivity index is 1.96. The van der Waals surface area contributed by atoms with Gasteiger partial charge in [0.2, 0.25) is 0 Å². The molecule has 0 bridgehead atoms. The number of halogens is 1. The zero-order valence-corrected chi connectivity index (χ0v) is 14.1. The average Bonchev–Trinajstić information content (AvgIpc) is 2.47. The van der Waals surface area contributed by atoms with E-state index in [9.17, 15) is 0 Å². The van der Waals surface area contributed by atoms with Gasteiger partial charge in [0.05, 0.1) is 11.0 Å². The van der Waals surface area contributed by atoms with Gasteiger partial charge in [-0.1, -0.05) is 47.0 Å². The number of anilines is 1. The summed E-state index contributed by atoms with van der Waals surface area (Å²) >= 11 is 6.17. The summed E-state index contributed by atoms with van der Waals surface area (Å²) in [5.74, 6) is 0.633. The quantitative estimate of drug-likeness (QED) is 0.726. The van der Waals surface area contributed by atoms with Gasteiger partial charge in [-0.05, 0) is 45.7 Å². The number of rotatable bonds is 6. The molecule has 1 aromatic heterocycles. The van der Waals surface area contributed by atoms with Gasteiger partial charge >= 0.3 is 0 Å². The van der Waals surface area contributed by atoms with Crippen LogP contribution in [-0.4, -0.2) is 16.5 Å². The topological polar surface area (TPSA) is 37.8 Å². The molecule has 0 aliphatic heterocycles. The van der Waals surface area contributed by atoms with Gasteiger partial charge in [0.15, 0.2) is 11.0 Å². The number of allylic oxidation sites excluding steroid dienone is 3. The smallest absolute Gasteiger partial charge is 0.172 e. The lowest BCUT2D eigenvalue weighted by Gasteiger charge is -2.07. The number of aromatic nitrogens is 2. The van der Waals surface area contributed by atoms with Gasteiger partial charge in [0.1, 0.15) is 0 Å². The molecule has 0 aliphatic carbocycles. The van der Waals surface area contributed by atoms with Crippen LogP contribution in [0.15, 0.2) is 47.6 Å². The summed E-state index contributed by atoms with van der Waals surface area (Å²) in [6, 6.07) is 7.72. The highest BCUT2D eigenvalue weighted by molar-refractivity contribution is 6.32. The van der Waals surface area contributed by atoms with E-state index in [-0.39, 0.29) is 0 Å². The van der Waals surface area contributed by atoms with E-state index in [0.29, 0.717) is 17.5 Å². The van der Waals surface area contributed by atoms with Crippen LogP contribution in [0.2, 0.25) is 5.15 Å². The summed E-state index contributed by atoms with van der Waals surface area (Å²) in [6.07, 6.45) is 6.59. The van der Waals surface area contributed by atoms with E-state index in [0.717, 1.165) is 23.9 Å². The van der Waals surface area contributed by atoms with Gasteiger partial charge in [-0.25, -0.2) is 9.97 Å². The third-order valence-electron chi connectivity index (χ3n) is 3.34. The average molecular weight is 316 g/mol. The number of hydrogen-bond acceptors (Lipinski definition) is 3. The molecule has 0 unspecified atom stereocenters. The van der Waals surface area contributed by atoms with Crippen molar-refractivity contribution in [1.29, 1.82) is 0 Å². The molecule has 2 aromatic rings. The van der Waals surface area contributed by atoms with E-state index in [4.69, 9.17) is 11.6 Å². The molecule has 1 N–H and O–H groups in total. The predicted molar refractivity (Wildman–Crippen MR) is 95.5 cm³/mol. The van der Waals surface area contributed by atoms with Crippen LogP contribution in [0, 0.1) is 0 Å². The first-order valence-electron chi connectivity index (χ1n) is 7.51. The normalized spacial score (nSPS) is 11.5. The minimum Gasteiger partial charge on any atom is -0.364 e. The van der Waals surface area contributed by atoms with Gasteiger partial charge in [-0.2, -0.15) is 0 Å². The predicted octanol–water partition coefficient (Wildman–Crippen LogP) is 5.39. The van der Waals surface area contributed by atoms with E-state index in [1.807, 2.05) is 24.3 Å². The number of hydrogen-bond donors (Lipinski definition) is 1. The highest BCUT2D eigenvalue weighted by atomic mass is 35.5. The minimum atomic E-state index is 0.411. The lowest BCUT2D eigenvalue weighted by Crippen LogP contribution is -2.03. The highest BCUT2D eigenvalue weighted by Crippen LogP contribution is 2.20. The SMILES string of the molecule is CC(C)=CCC/C(C)=C/CNc1nc2ccccc2nc1Cl. The number of nitrogens with one attached hydrogen (secondary N) is 1. The van der Waals surface area contributed by atoms with Crippen LogP contribution in [0.5, 0.6) is 0 Å². The number of para-hydroxylation sites is 2. The van der Waals surface area contributed by atoms with Crippen molar-refractivity contribution in [3.63, 3.8) is 0 Å². The van der Waals surface area contributed by atoms with E-state index in [1.54, 1.807) is 0 Å². The van der Waals surface area contributed by atoms with E-state index in [1.165, 1.54) is 11.1 Å². The van der Waals surface area contributed by atoms with E-state index < -0.39 is 0 Å². The first kappa shape index (κ1) is 16.5. The van der Waals surface area contributed by atoms with E-state index >= 15 is 0 Å². The molecule has 0 radical (unpaired) electrons. The van der Waals surface area contributed by atoms with Gasteiger partial charge in [-0.3, -0.25) is 0 Å². The molecule has 0 saturated heterocycles. The summed E-state index contributed by atoms with van der Waals surface area (Å²) < 4.78 is 0. The first-order chi connectivity index (χ1) is 10.6. The molecule has 0 amide bonds. The molecule has 22 heavy (non-hydrogen) atoms. The lowest BCUT2D eigenvalue weighted by atomic mass is 10.1. The Kier molecular flexibility index (Phi) is 5.96. The maximum atomic E-state index is 6.17. The number of fused-ring (bicyclic) bond motifs is 1. The van der Waals surface area contributed by atoms with Gasteiger partial charge in [0.25, 0.3) is 0 Å². The molecule has 3 nitrogen and oxygen atoms in total. The first-order valence-corrected chi connectivity index (χ1v) is 7.89. The van der Waals surface area contributed by atoms with Crippen LogP contribution in [0.4, 0.5) is 5.82 Å². The van der Waals surface area contributed by atoms with Crippen molar-refractivity contribution in [1.82, 2.24) is 9.97 Å². The Bertz CT molecular complexity index is 701. The molecule has 116 valence electrons. The monoisotopic (exact) mass is 315 g/mol. The van der Waals surface area contributed by atoms with Crippen molar-refractivity contribution in [3.05, 3.63) is 52.7 Å². The molecule has 0 saturated carbocycles. The summed E-state index contributed by atoms with van der Waals surface area (Å²) in [5, 5.41) is 3.65. The lowest BCUT2D eigenvalue weighted by molar-refractivity contribution is 0.959. The van der Waals surface area contributed by atoms with Crippen molar-refractivity contribution >= 4 is 28.5 Å². The fourth-order valence-corrected chi connectivity index (χ4v) is 2.30. The van der Waals surface area contributed by atoms with Crippen molar-refractivity contribution in [2.45, 2.75) is 33.6 Å². The van der Waals surface area contributed by atoms with Crippen molar-refractivity contribution in [2.75, 3.05) is 11.9 Å². The number of nitrogens with zero attached hydrogens (tertiary/aromatic N) is 2. The second kappa shape index (κ2) is 7.95. The van der Waals surface area contributed by atoms with Crippen LogP contribution in [0.3, 0.4) is 0 Å². The third kappa shape index (κ3) is 4.85. The van der Waals surface area contributed by atoms with Gasteiger partial charge in [-0.15, -0.1) is 0 Å². The van der Waals surface area contributed by atoms with Gasteiger partial charge in [0, 0.05) is 6.54 Å². The van der Waals surface area contributed by atoms with Crippen molar-refractivity contribution in [3.8, 4) is 0 Å². The van der Waals surface area contributed by atoms with Crippen molar-refractivity contribution < 1.29 is 0 Å². The Morgan fingerprint density at radius 3 is 2.45 bits per heavy atom. The van der Waals surface area contributed by atoms with Crippen LogP contribution < -0.4 is 5.32 Å². The molecule has 1 aromatic carbocycles. The summed E-state index contributed by atoms with van der Waals surface area (Å²) in [6.45, 7) is 7.10. The maximum Gasteiger partial charge on any atom is 0.172 e. The largest absolute Gasteiger partial charge is 0.364 e. The van der Waals surface area contributed by atoms with E-state index in [2.05, 4.69) is 48.2 Å². The van der Waals surface area contributed by atoms with Crippen LogP contribution in [-0.2, 0) is 0 Å². The molecule has 2 rings (SSSR count). The Labute approximate surface area is 137 Å². The number of benzene rings is 1. The van der Waals surface area contributed by atoms with Crippen LogP contribution in [0.1, 0.15) is 33.6 Å². The standard InChI is InChI=1S/C18H22ClN3/c1-13(2)7-6-8-14(3)11-12-20-18-17(19)21-15-9-4-5-10-16(15)22-18/h4-5,7,9-11H,6,8,12H2,1-3H3,(H,20,22)/b14-11+. The maximum absolute atomic E-state index is 6.17. The molecular formula is C18H22ClN3. The Morgan fingerprint density at radius 2 is 1.77 bits per heavy atom. The molecule has 0 fully saturated rings. The molecule has 4 heteroatoms. The third-order valence-corrected chi connectivity index (χ3v) is 3.60. The Morgan fingerprint density at radius 1 is 1.09 bits per heavy atom. The Hall–Kier alpha value is -1.87. The molecule has 0 spiro atoms. The van der Waals surface area contributed by atoms with Crippen LogP contribution in [0.25, 0.3) is 11.0 Å². The van der Waals surface area contributed by atoms with Crippen LogP contribution >= 0.6 is 11.6 Å². The molecule has 1 heterocycles. The van der Waals surface area contributed by atoms with Crippen molar-refractivity contribution in [2.24, 2.45) is 0 Å². The summed E-state index contributed by atoms with van der Waals surface area (Å²) in [5.41, 5.74) is 4.38. The fourth-order valence-electron chi connectivity index (χ4n) is 2.10.